The zero-order valence-electron chi connectivity index (χ0n) is 16.5. The van der Waals surface area contributed by atoms with Crippen LogP contribution in [0, 0.1) is 0 Å². The number of benzene rings is 4. The number of carbonyl (C=O) groups excluding carboxylic acids is 2. The Morgan fingerprint density at radius 1 is 0.742 bits per heavy atom. The van der Waals surface area contributed by atoms with Crippen LogP contribution in [-0.4, -0.2) is 11.8 Å². The zero-order valence-corrected chi connectivity index (χ0v) is 18.1. The monoisotopic (exact) mass is 470 g/mol. The van der Waals surface area contributed by atoms with Crippen molar-refractivity contribution in [2.75, 3.05) is 5.32 Å². The maximum atomic E-state index is 13.1. The van der Waals surface area contributed by atoms with Crippen LogP contribution in [0.5, 0.6) is 0 Å². The molecule has 4 nitrogen and oxygen atoms in total. The van der Waals surface area contributed by atoms with Crippen molar-refractivity contribution >= 4 is 50.3 Å². The van der Waals surface area contributed by atoms with Gasteiger partial charge in [0.05, 0.1) is 0 Å². The molecule has 4 rings (SSSR count). The number of hydrogen-bond donors (Lipinski definition) is 2. The van der Waals surface area contributed by atoms with Crippen molar-refractivity contribution in [1.82, 2.24) is 5.32 Å². The number of fused-ring (bicyclic) bond motifs is 1. The third-order valence-corrected chi connectivity index (χ3v) is 5.25. The van der Waals surface area contributed by atoms with E-state index >= 15 is 0 Å². The second kappa shape index (κ2) is 9.41. The van der Waals surface area contributed by atoms with Crippen molar-refractivity contribution in [3.8, 4) is 0 Å². The van der Waals surface area contributed by atoms with Crippen LogP contribution in [0.25, 0.3) is 16.8 Å². The molecule has 31 heavy (non-hydrogen) atoms. The van der Waals surface area contributed by atoms with E-state index in [-0.39, 0.29) is 11.6 Å². The van der Waals surface area contributed by atoms with Gasteiger partial charge in [0.2, 0.25) is 0 Å². The average Bonchev–Trinajstić information content (AvgIpc) is 2.79. The van der Waals surface area contributed by atoms with Gasteiger partial charge in [0.25, 0.3) is 11.8 Å². The minimum atomic E-state index is -0.399. The zero-order chi connectivity index (χ0) is 21.6. The molecule has 0 saturated heterocycles. The van der Waals surface area contributed by atoms with E-state index in [9.17, 15) is 9.59 Å². The van der Waals surface area contributed by atoms with Crippen LogP contribution in [0.1, 0.15) is 15.9 Å². The lowest BCUT2D eigenvalue weighted by Gasteiger charge is -2.12. The molecule has 0 aliphatic rings. The Bertz CT molecular complexity index is 1270. The van der Waals surface area contributed by atoms with Crippen molar-refractivity contribution < 1.29 is 9.59 Å². The molecule has 4 aromatic rings. The second-order valence-electron chi connectivity index (χ2n) is 6.95. The van der Waals surface area contributed by atoms with Crippen LogP contribution in [0.3, 0.4) is 0 Å². The average molecular weight is 471 g/mol. The fraction of sp³-hybridized carbons (Fsp3) is 0. The Morgan fingerprint density at radius 2 is 1.42 bits per heavy atom. The van der Waals surface area contributed by atoms with E-state index in [1.807, 2.05) is 72.8 Å². The van der Waals surface area contributed by atoms with Crippen LogP contribution in [-0.2, 0) is 4.79 Å². The number of anilines is 1. The normalized spacial score (nSPS) is 11.2. The molecule has 0 spiro atoms. The van der Waals surface area contributed by atoms with Crippen molar-refractivity contribution in [1.29, 1.82) is 0 Å². The van der Waals surface area contributed by atoms with Crippen LogP contribution >= 0.6 is 15.9 Å². The quantitative estimate of drug-likeness (QED) is 0.350. The topological polar surface area (TPSA) is 58.2 Å². The highest BCUT2D eigenvalue weighted by atomic mass is 79.9. The molecular weight excluding hydrogens is 452 g/mol. The summed E-state index contributed by atoms with van der Waals surface area (Å²) >= 11 is 3.36. The van der Waals surface area contributed by atoms with Crippen LogP contribution in [0.15, 0.2) is 107 Å². The highest BCUT2D eigenvalue weighted by Crippen LogP contribution is 2.20. The molecule has 5 heteroatoms. The highest BCUT2D eigenvalue weighted by molar-refractivity contribution is 9.10. The molecule has 0 aromatic heterocycles. The van der Waals surface area contributed by atoms with Gasteiger partial charge < -0.3 is 10.6 Å². The van der Waals surface area contributed by atoms with Gasteiger partial charge in [-0.15, -0.1) is 0 Å². The summed E-state index contributed by atoms with van der Waals surface area (Å²) in [7, 11) is 0. The van der Waals surface area contributed by atoms with E-state index in [0.29, 0.717) is 11.3 Å². The number of nitrogens with one attached hydrogen (secondary N) is 2. The molecule has 0 atom stereocenters. The van der Waals surface area contributed by atoms with E-state index < -0.39 is 5.91 Å². The first kappa shape index (κ1) is 20.6. The maximum Gasteiger partial charge on any atom is 0.272 e. The van der Waals surface area contributed by atoms with Crippen LogP contribution in [0.2, 0.25) is 0 Å². The Morgan fingerprint density at radius 3 is 2.16 bits per heavy atom. The van der Waals surface area contributed by atoms with Gasteiger partial charge in [-0.05, 0) is 58.8 Å². The molecule has 0 bridgehead atoms. The first-order valence-corrected chi connectivity index (χ1v) is 10.5. The maximum absolute atomic E-state index is 13.1. The second-order valence-corrected chi connectivity index (χ2v) is 7.86. The van der Waals surface area contributed by atoms with Gasteiger partial charge in [0, 0.05) is 15.7 Å². The Kier molecular flexibility index (Phi) is 6.24. The number of carbonyl (C=O) groups is 2. The van der Waals surface area contributed by atoms with Gasteiger partial charge in [-0.1, -0.05) is 76.6 Å². The predicted molar refractivity (Wildman–Crippen MR) is 129 cm³/mol. The molecule has 2 N–H and O–H groups in total. The minimum absolute atomic E-state index is 0.160. The Labute approximate surface area is 188 Å². The largest absolute Gasteiger partial charge is 0.321 e. The fourth-order valence-electron chi connectivity index (χ4n) is 3.14. The lowest BCUT2D eigenvalue weighted by molar-refractivity contribution is -0.113. The van der Waals surface area contributed by atoms with Crippen molar-refractivity contribution in [3.05, 3.63) is 118 Å². The van der Waals surface area contributed by atoms with Gasteiger partial charge in [0.1, 0.15) is 5.70 Å². The molecule has 152 valence electrons. The van der Waals surface area contributed by atoms with Crippen molar-refractivity contribution in [2.45, 2.75) is 0 Å². The minimum Gasteiger partial charge on any atom is -0.321 e. The van der Waals surface area contributed by atoms with E-state index in [4.69, 9.17) is 0 Å². The number of halogens is 1. The number of amides is 2. The van der Waals surface area contributed by atoms with Gasteiger partial charge in [-0.2, -0.15) is 0 Å². The summed E-state index contributed by atoms with van der Waals surface area (Å²) in [4.78, 5) is 25.8. The smallest absolute Gasteiger partial charge is 0.272 e. The van der Waals surface area contributed by atoms with E-state index in [0.717, 1.165) is 20.8 Å². The number of hydrogen-bond acceptors (Lipinski definition) is 2. The Balaban J connectivity index is 1.61. The van der Waals surface area contributed by atoms with Gasteiger partial charge in [-0.3, -0.25) is 9.59 Å². The van der Waals surface area contributed by atoms with Gasteiger partial charge >= 0.3 is 0 Å². The molecule has 0 radical (unpaired) electrons. The standard InChI is InChI=1S/C26H19BrN2O2/c27-22-13-10-20(11-14-22)25(30)29-24(16-18-6-2-1-3-7-18)26(31)28-23-15-12-19-8-4-5-9-21(19)17-23/h1-17H,(H,28,31)(H,29,30). The van der Waals surface area contributed by atoms with E-state index in [2.05, 4.69) is 26.6 Å². The van der Waals surface area contributed by atoms with E-state index in [1.54, 1.807) is 30.3 Å². The third kappa shape index (κ3) is 5.27. The fourth-order valence-corrected chi connectivity index (χ4v) is 3.40. The lowest BCUT2D eigenvalue weighted by Crippen LogP contribution is -2.30. The summed E-state index contributed by atoms with van der Waals surface area (Å²) in [5, 5.41) is 7.75. The summed E-state index contributed by atoms with van der Waals surface area (Å²) in [6.45, 7) is 0. The lowest BCUT2D eigenvalue weighted by atomic mass is 10.1. The molecular formula is C26H19BrN2O2. The van der Waals surface area contributed by atoms with Crippen molar-refractivity contribution in [3.63, 3.8) is 0 Å². The molecule has 0 saturated carbocycles. The molecule has 0 unspecified atom stereocenters. The SMILES string of the molecule is O=C(Nc1ccc2ccccc2c1)C(=Cc1ccccc1)NC(=O)c1ccc(Br)cc1. The van der Waals surface area contributed by atoms with Crippen LogP contribution in [0.4, 0.5) is 5.69 Å². The summed E-state index contributed by atoms with van der Waals surface area (Å²) in [6, 6.07) is 30.0. The number of rotatable bonds is 5. The molecule has 4 aromatic carbocycles. The molecule has 0 aliphatic carbocycles. The molecule has 0 heterocycles. The van der Waals surface area contributed by atoms with Crippen molar-refractivity contribution in [2.24, 2.45) is 0 Å². The van der Waals surface area contributed by atoms with E-state index in [1.165, 1.54) is 0 Å². The Hall–Kier alpha value is -3.70. The molecule has 0 aliphatic heterocycles. The summed E-state index contributed by atoms with van der Waals surface area (Å²) in [5.74, 6) is -0.757. The van der Waals surface area contributed by atoms with Crippen LogP contribution < -0.4 is 10.6 Å². The van der Waals surface area contributed by atoms with Gasteiger partial charge in [-0.25, -0.2) is 0 Å². The first-order valence-electron chi connectivity index (χ1n) is 9.72. The summed E-state index contributed by atoms with van der Waals surface area (Å²) < 4.78 is 0.873. The summed E-state index contributed by atoms with van der Waals surface area (Å²) in [5.41, 5.74) is 2.08. The highest BCUT2D eigenvalue weighted by Gasteiger charge is 2.15. The predicted octanol–water partition coefficient (Wildman–Crippen LogP) is 6.01. The van der Waals surface area contributed by atoms with Gasteiger partial charge in [0.15, 0.2) is 0 Å². The third-order valence-electron chi connectivity index (χ3n) is 4.72. The molecule has 0 fully saturated rings. The first-order chi connectivity index (χ1) is 15.1. The summed E-state index contributed by atoms with van der Waals surface area (Å²) in [6.07, 6.45) is 1.66. The molecule has 2 amide bonds.